The third-order valence-electron chi connectivity index (χ3n) is 3.26. The Hall–Kier alpha value is -1.15. The number of benzene rings is 1. The number of hydrogen-bond donors (Lipinski definition) is 1. The van der Waals surface area contributed by atoms with Crippen LogP contribution in [-0.4, -0.2) is 18.4 Å². The minimum atomic E-state index is 0.103. The topological polar surface area (TPSA) is 29.1 Å². The van der Waals surface area contributed by atoms with Crippen LogP contribution in [0.15, 0.2) is 24.3 Å². The highest BCUT2D eigenvalue weighted by atomic mass is 16.1. The Balaban J connectivity index is 1.94. The summed E-state index contributed by atoms with van der Waals surface area (Å²) in [5.74, 6) is 0.335. The maximum Gasteiger partial charge on any atom is 0.154 e. The van der Waals surface area contributed by atoms with Crippen molar-refractivity contribution in [1.82, 2.24) is 5.32 Å². The van der Waals surface area contributed by atoms with Gasteiger partial charge in [0, 0.05) is 6.42 Å². The van der Waals surface area contributed by atoms with Crippen molar-refractivity contribution in [3.05, 3.63) is 35.4 Å². The number of nitrogens with one attached hydrogen (secondary N) is 1. The summed E-state index contributed by atoms with van der Waals surface area (Å²) < 4.78 is 0. The Bertz CT molecular complexity index is 350. The third-order valence-corrected chi connectivity index (χ3v) is 3.26. The summed E-state index contributed by atoms with van der Waals surface area (Å²) in [5.41, 5.74) is 2.46. The van der Waals surface area contributed by atoms with Crippen LogP contribution < -0.4 is 5.32 Å². The van der Waals surface area contributed by atoms with Crippen molar-refractivity contribution >= 4 is 5.78 Å². The van der Waals surface area contributed by atoms with E-state index in [0.717, 1.165) is 31.4 Å². The van der Waals surface area contributed by atoms with Gasteiger partial charge in [0.1, 0.15) is 0 Å². The molecule has 0 aromatic heterocycles. The van der Waals surface area contributed by atoms with E-state index in [2.05, 4.69) is 36.5 Å². The first-order chi connectivity index (χ1) is 7.79. The van der Waals surface area contributed by atoms with Crippen LogP contribution in [-0.2, 0) is 17.6 Å². The first-order valence-corrected chi connectivity index (χ1v) is 6.13. The smallest absolute Gasteiger partial charge is 0.154 e. The lowest BCUT2D eigenvalue weighted by Crippen LogP contribution is -2.31. The van der Waals surface area contributed by atoms with Crippen LogP contribution in [0.1, 0.15) is 30.9 Å². The summed E-state index contributed by atoms with van der Waals surface area (Å²) in [6.45, 7) is 3.13. The van der Waals surface area contributed by atoms with Crippen molar-refractivity contribution in [3.8, 4) is 0 Å². The monoisotopic (exact) mass is 217 g/mol. The number of rotatable bonds is 4. The molecule has 1 heterocycles. The van der Waals surface area contributed by atoms with Gasteiger partial charge in [0.15, 0.2) is 5.78 Å². The summed E-state index contributed by atoms with van der Waals surface area (Å²) in [6.07, 6.45) is 3.76. The second kappa shape index (κ2) is 5.26. The SMILES string of the molecule is CCc1ccc(CC(=O)C2CCCN2)cc1. The normalized spacial score (nSPS) is 19.9. The number of ketones is 1. The third kappa shape index (κ3) is 2.70. The minimum Gasteiger partial charge on any atom is -0.307 e. The van der Waals surface area contributed by atoms with Crippen molar-refractivity contribution in [2.45, 2.75) is 38.6 Å². The maximum absolute atomic E-state index is 11.9. The lowest BCUT2D eigenvalue weighted by Gasteiger charge is -2.09. The lowest BCUT2D eigenvalue weighted by molar-refractivity contribution is -0.120. The van der Waals surface area contributed by atoms with E-state index in [1.54, 1.807) is 0 Å². The summed E-state index contributed by atoms with van der Waals surface area (Å²) in [4.78, 5) is 11.9. The fourth-order valence-electron chi connectivity index (χ4n) is 2.18. The maximum atomic E-state index is 11.9. The minimum absolute atomic E-state index is 0.103. The van der Waals surface area contributed by atoms with Crippen molar-refractivity contribution in [3.63, 3.8) is 0 Å². The molecule has 0 amide bonds. The lowest BCUT2D eigenvalue weighted by atomic mass is 10.0. The van der Waals surface area contributed by atoms with Gasteiger partial charge in [-0.1, -0.05) is 31.2 Å². The van der Waals surface area contributed by atoms with Crippen LogP contribution in [0.25, 0.3) is 0 Å². The fourth-order valence-corrected chi connectivity index (χ4v) is 2.18. The van der Waals surface area contributed by atoms with Gasteiger partial charge in [-0.3, -0.25) is 4.79 Å². The first-order valence-electron chi connectivity index (χ1n) is 6.13. The van der Waals surface area contributed by atoms with E-state index in [1.807, 2.05) is 0 Å². The zero-order chi connectivity index (χ0) is 11.4. The summed E-state index contributed by atoms with van der Waals surface area (Å²) in [7, 11) is 0. The molecule has 1 aliphatic heterocycles. The quantitative estimate of drug-likeness (QED) is 0.837. The standard InChI is InChI=1S/C14H19NO/c1-2-11-5-7-12(8-6-11)10-14(16)13-4-3-9-15-13/h5-8,13,15H,2-4,9-10H2,1H3. The molecule has 0 radical (unpaired) electrons. The molecule has 1 aromatic rings. The predicted octanol–water partition coefficient (Wildman–Crippen LogP) is 2.11. The number of hydrogen-bond acceptors (Lipinski definition) is 2. The van der Waals surface area contributed by atoms with Crippen molar-refractivity contribution in [2.75, 3.05) is 6.54 Å². The molecule has 1 aromatic carbocycles. The average molecular weight is 217 g/mol. The van der Waals surface area contributed by atoms with Gasteiger partial charge in [0.25, 0.3) is 0 Å². The number of aryl methyl sites for hydroxylation is 1. The molecule has 1 unspecified atom stereocenters. The molecular formula is C14H19NO. The highest BCUT2D eigenvalue weighted by Crippen LogP contribution is 2.11. The molecule has 0 bridgehead atoms. The van der Waals surface area contributed by atoms with Gasteiger partial charge in [0.2, 0.25) is 0 Å². The van der Waals surface area contributed by atoms with Gasteiger partial charge < -0.3 is 5.32 Å². The molecule has 1 atom stereocenters. The molecule has 16 heavy (non-hydrogen) atoms. The van der Waals surface area contributed by atoms with E-state index >= 15 is 0 Å². The second-order valence-corrected chi connectivity index (χ2v) is 4.46. The Morgan fingerprint density at radius 2 is 2.00 bits per heavy atom. The Morgan fingerprint density at radius 1 is 1.31 bits per heavy atom. The highest BCUT2D eigenvalue weighted by molar-refractivity contribution is 5.86. The average Bonchev–Trinajstić information content (AvgIpc) is 2.83. The van der Waals surface area contributed by atoms with Gasteiger partial charge in [-0.15, -0.1) is 0 Å². The molecule has 2 nitrogen and oxygen atoms in total. The van der Waals surface area contributed by atoms with E-state index in [0.29, 0.717) is 12.2 Å². The summed E-state index contributed by atoms with van der Waals surface area (Å²) in [6, 6.07) is 8.48. The van der Waals surface area contributed by atoms with Gasteiger partial charge in [-0.05, 0) is 36.9 Å². The van der Waals surface area contributed by atoms with E-state index in [-0.39, 0.29) is 6.04 Å². The van der Waals surface area contributed by atoms with Crippen LogP contribution in [0.2, 0.25) is 0 Å². The Labute approximate surface area is 97.1 Å². The number of carbonyl (C=O) groups is 1. The van der Waals surface area contributed by atoms with Gasteiger partial charge in [-0.2, -0.15) is 0 Å². The van der Waals surface area contributed by atoms with Gasteiger partial charge >= 0.3 is 0 Å². The fraction of sp³-hybridized carbons (Fsp3) is 0.500. The molecule has 2 rings (SSSR count). The number of carbonyl (C=O) groups excluding carboxylic acids is 1. The van der Waals surface area contributed by atoms with Crippen LogP contribution in [0.3, 0.4) is 0 Å². The molecule has 1 aliphatic rings. The summed E-state index contributed by atoms with van der Waals surface area (Å²) in [5, 5.41) is 3.25. The molecule has 86 valence electrons. The Morgan fingerprint density at radius 3 is 2.56 bits per heavy atom. The molecule has 1 N–H and O–H groups in total. The largest absolute Gasteiger partial charge is 0.307 e. The zero-order valence-corrected chi connectivity index (χ0v) is 9.83. The highest BCUT2D eigenvalue weighted by Gasteiger charge is 2.21. The van der Waals surface area contributed by atoms with E-state index in [4.69, 9.17) is 0 Å². The molecule has 0 aliphatic carbocycles. The van der Waals surface area contributed by atoms with Crippen molar-refractivity contribution in [2.24, 2.45) is 0 Å². The molecule has 1 saturated heterocycles. The molecule has 0 saturated carbocycles. The Kier molecular flexibility index (Phi) is 3.73. The van der Waals surface area contributed by atoms with Crippen LogP contribution >= 0.6 is 0 Å². The van der Waals surface area contributed by atoms with Gasteiger partial charge in [0.05, 0.1) is 6.04 Å². The molecule has 0 spiro atoms. The van der Waals surface area contributed by atoms with Gasteiger partial charge in [-0.25, -0.2) is 0 Å². The first kappa shape index (κ1) is 11.3. The molecule has 2 heteroatoms. The second-order valence-electron chi connectivity index (χ2n) is 4.46. The van der Waals surface area contributed by atoms with Crippen molar-refractivity contribution < 1.29 is 4.79 Å². The number of Topliss-reactive ketones (excluding diaryl/α,β-unsaturated/α-hetero) is 1. The summed E-state index contributed by atoms with van der Waals surface area (Å²) >= 11 is 0. The zero-order valence-electron chi connectivity index (χ0n) is 9.83. The predicted molar refractivity (Wildman–Crippen MR) is 65.6 cm³/mol. The molecule has 1 fully saturated rings. The molecular weight excluding hydrogens is 198 g/mol. The van der Waals surface area contributed by atoms with Crippen molar-refractivity contribution in [1.29, 1.82) is 0 Å². The van der Waals surface area contributed by atoms with Crippen LogP contribution in [0.4, 0.5) is 0 Å². The van der Waals surface area contributed by atoms with E-state index in [9.17, 15) is 4.79 Å². The van der Waals surface area contributed by atoms with Crippen LogP contribution in [0.5, 0.6) is 0 Å². The van der Waals surface area contributed by atoms with Crippen LogP contribution in [0, 0.1) is 0 Å². The van der Waals surface area contributed by atoms with E-state index < -0.39 is 0 Å². The van der Waals surface area contributed by atoms with E-state index in [1.165, 1.54) is 5.56 Å².